The number of rotatable bonds is 4. The van der Waals surface area contributed by atoms with Crippen molar-refractivity contribution in [2.75, 3.05) is 13.2 Å². The number of hydrogen-bond donors (Lipinski definition) is 1. The zero-order valence-electron chi connectivity index (χ0n) is 7.97. The van der Waals surface area contributed by atoms with E-state index in [0.717, 1.165) is 12.1 Å². The van der Waals surface area contributed by atoms with E-state index in [0.29, 0.717) is 12.2 Å². The Balaban J connectivity index is 2.88. The molecule has 0 aromatic heterocycles. The molecule has 78 valence electrons. The van der Waals surface area contributed by atoms with Crippen LogP contribution in [0.15, 0.2) is 18.2 Å². The maximum absolute atomic E-state index is 12.8. The van der Waals surface area contributed by atoms with E-state index in [4.69, 9.17) is 10.5 Å². The van der Waals surface area contributed by atoms with Crippen molar-refractivity contribution in [3.05, 3.63) is 35.4 Å². The third-order valence-corrected chi connectivity index (χ3v) is 1.90. The zero-order valence-corrected chi connectivity index (χ0v) is 7.97. The number of benzene rings is 1. The van der Waals surface area contributed by atoms with Gasteiger partial charge in [0.15, 0.2) is 11.6 Å². The van der Waals surface area contributed by atoms with Crippen molar-refractivity contribution in [2.45, 2.75) is 13.0 Å². The summed E-state index contributed by atoms with van der Waals surface area (Å²) in [7, 11) is 0. The molecule has 2 N–H and O–H groups in total. The molecular weight excluding hydrogens is 188 g/mol. The Kier molecular flexibility index (Phi) is 3.98. The Morgan fingerprint density at radius 2 is 2.07 bits per heavy atom. The van der Waals surface area contributed by atoms with E-state index in [1.807, 2.05) is 6.92 Å². The van der Waals surface area contributed by atoms with Gasteiger partial charge in [0.2, 0.25) is 0 Å². The lowest BCUT2D eigenvalue weighted by Crippen LogP contribution is -2.16. The minimum Gasteiger partial charge on any atom is -0.372 e. The van der Waals surface area contributed by atoms with Crippen molar-refractivity contribution in [1.29, 1.82) is 0 Å². The number of ether oxygens (including phenoxy) is 1. The lowest BCUT2D eigenvalue weighted by molar-refractivity contribution is 0.0685. The molecule has 0 aliphatic heterocycles. The molecule has 0 saturated heterocycles. The van der Waals surface area contributed by atoms with E-state index in [1.54, 1.807) is 0 Å². The van der Waals surface area contributed by atoms with E-state index >= 15 is 0 Å². The second-order valence-electron chi connectivity index (χ2n) is 2.85. The Hall–Kier alpha value is -1.00. The van der Waals surface area contributed by atoms with Crippen LogP contribution >= 0.6 is 0 Å². The molecule has 1 aromatic carbocycles. The molecule has 0 heterocycles. The summed E-state index contributed by atoms with van der Waals surface area (Å²) in [4.78, 5) is 0. The fraction of sp³-hybridized carbons (Fsp3) is 0.400. The van der Waals surface area contributed by atoms with E-state index in [-0.39, 0.29) is 12.6 Å². The summed E-state index contributed by atoms with van der Waals surface area (Å²) < 4.78 is 30.7. The highest BCUT2D eigenvalue weighted by molar-refractivity contribution is 5.20. The van der Waals surface area contributed by atoms with Crippen LogP contribution in [0.3, 0.4) is 0 Å². The third-order valence-electron chi connectivity index (χ3n) is 1.90. The van der Waals surface area contributed by atoms with Crippen molar-refractivity contribution < 1.29 is 13.5 Å². The molecule has 1 rings (SSSR count). The van der Waals surface area contributed by atoms with Gasteiger partial charge in [-0.25, -0.2) is 8.78 Å². The van der Waals surface area contributed by atoms with Gasteiger partial charge in [-0.2, -0.15) is 0 Å². The molecule has 2 nitrogen and oxygen atoms in total. The van der Waals surface area contributed by atoms with Crippen molar-refractivity contribution in [1.82, 2.24) is 0 Å². The lowest BCUT2D eigenvalue weighted by atomic mass is 10.1. The fourth-order valence-corrected chi connectivity index (χ4v) is 1.21. The minimum absolute atomic E-state index is 0.249. The predicted octanol–water partition coefficient (Wildman–Crippen LogP) is 2.00. The summed E-state index contributed by atoms with van der Waals surface area (Å²) in [5, 5.41) is 0. The molecule has 0 bridgehead atoms. The van der Waals surface area contributed by atoms with E-state index < -0.39 is 11.6 Å². The first-order chi connectivity index (χ1) is 6.69. The van der Waals surface area contributed by atoms with Gasteiger partial charge in [0.1, 0.15) is 0 Å². The van der Waals surface area contributed by atoms with Crippen molar-refractivity contribution >= 4 is 0 Å². The maximum atomic E-state index is 12.8. The van der Waals surface area contributed by atoms with Gasteiger partial charge in [-0.05, 0) is 24.6 Å². The second kappa shape index (κ2) is 5.02. The fourth-order valence-electron chi connectivity index (χ4n) is 1.21. The van der Waals surface area contributed by atoms with Crippen molar-refractivity contribution in [3.8, 4) is 0 Å². The zero-order chi connectivity index (χ0) is 10.6. The molecule has 1 atom stereocenters. The van der Waals surface area contributed by atoms with Gasteiger partial charge in [0, 0.05) is 13.2 Å². The van der Waals surface area contributed by atoms with Gasteiger partial charge in [-0.3, -0.25) is 0 Å². The molecule has 0 saturated carbocycles. The molecule has 1 unspecified atom stereocenters. The SMILES string of the molecule is CCOC(CN)c1ccc(F)c(F)c1. The largest absolute Gasteiger partial charge is 0.372 e. The summed E-state index contributed by atoms with van der Waals surface area (Å²) in [5.41, 5.74) is 6.00. The third kappa shape index (κ3) is 2.49. The number of hydrogen-bond acceptors (Lipinski definition) is 2. The Bertz CT molecular complexity index is 304. The van der Waals surface area contributed by atoms with Gasteiger partial charge in [-0.15, -0.1) is 0 Å². The molecule has 0 aliphatic carbocycles. The van der Waals surface area contributed by atoms with Crippen molar-refractivity contribution in [3.63, 3.8) is 0 Å². The molecule has 0 fully saturated rings. The number of halogens is 2. The molecule has 0 spiro atoms. The normalized spacial score (nSPS) is 12.9. The average molecular weight is 201 g/mol. The van der Waals surface area contributed by atoms with Crippen LogP contribution in [0.2, 0.25) is 0 Å². The maximum Gasteiger partial charge on any atom is 0.159 e. The lowest BCUT2D eigenvalue weighted by Gasteiger charge is -2.15. The van der Waals surface area contributed by atoms with E-state index in [2.05, 4.69) is 0 Å². The topological polar surface area (TPSA) is 35.2 Å². The van der Waals surface area contributed by atoms with E-state index in [9.17, 15) is 8.78 Å². The molecule has 0 radical (unpaired) electrons. The highest BCUT2D eigenvalue weighted by Crippen LogP contribution is 2.18. The Labute approximate surface area is 81.7 Å². The van der Waals surface area contributed by atoms with Gasteiger partial charge < -0.3 is 10.5 Å². The quantitative estimate of drug-likeness (QED) is 0.808. The molecule has 0 amide bonds. The first-order valence-corrected chi connectivity index (χ1v) is 4.45. The van der Waals surface area contributed by atoms with E-state index in [1.165, 1.54) is 6.07 Å². The van der Waals surface area contributed by atoms with Gasteiger partial charge in [0.25, 0.3) is 0 Å². The number of nitrogens with two attached hydrogens (primary N) is 1. The second-order valence-corrected chi connectivity index (χ2v) is 2.85. The smallest absolute Gasteiger partial charge is 0.159 e. The van der Waals surface area contributed by atoms with Crippen LogP contribution in [0.5, 0.6) is 0 Å². The first-order valence-electron chi connectivity index (χ1n) is 4.45. The summed E-state index contributed by atoms with van der Waals surface area (Å²) in [6, 6.07) is 3.67. The van der Waals surface area contributed by atoms with Crippen LogP contribution in [0.4, 0.5) is 8.78 Å². The molecule has 4 heteroatoms. The average Bonchev–Trinajstić information content (AvgIpc) is 2.19. The van der Waals surface area contributed by atoms with Crippen LogP contribution in [0.25, 0.3) is 0 Å². The highest BCUT2D eigenvalue weighted by Gasteiger charge is 2.11. The summed E-state index contributed by atoms with van der Waals surface area (Å²) >= 11 is 0. The summed E-state index contributed by atoms with van der Waals surface area (Å²) in [6.07, 6.45) is -0.366. The molecule has 0 aliphatic rings. The monoisotopic (exact) mass is 201 g/mol. The molecule has 1 aromatic rings. The van der Waals surface area contributed by atoms with Crippen LogP contribution in [0, 0.1) is 11.6 Å². The van der Waals surface area contributed by atoms with Gasteiger partial charge in [0.05, 0.1) is 6.10 Å². The van der Waals surface area contributed by atoms with Gasteiger partial charge >= 0.3 is 0 Å². The highest BCUT2D eigenvalue weighted by atomic mass is 19.2. The minimum atomic E-state index is -0.874. The molecule has 14 heavy (non-hydrogen) atoms. The van der Waals surface area contributed by atoms with Crippen LogP contribution in [0.1, 0.15) is 18.6 Å². The summed E-state index contributed by atoms with van der Waals surface area (Å²) in [6.45, 7) is 2.56. The van der Waals surface area contributed by atoms with Crippen LogP contribution in [-0.4, -0.2) is 13.2 Å². The molecular formula is C10H13F2NO. The Morgan fingerprint density at radius 1 is 1.36 bits per heavy atom. The van der Waals surface area contributed by atoms with Gasteiger partial charge in [-0.1, -0.05) is 6.07 Å². The Morgan fingerprint density at radius 3 is 2.57 bits per heavy atom. The predicted molar refractivity (Wildman–Crippen MR) is 49.8 cm³/mol. The summed E-state index contributed by atoms with van der Waals surface area (Å²) in [5.74, 6) is -1.73. The first kappa shape index (κ1) is 11.1. The van der Waals surface area contributed by atoms with Crippen molar-refractivity contribution in [2.24, 2.45) is 5.73 Å². The standard InChI is InChI=1S/C10H13F2NO/c1-2-14-10(6-13)7-3-4-8(11)9(12)5-7/h3-5,10H,2,6,13H2,1H3. The van der Waals surface area contributed by atoms with Crippen LogP contribution in [-0.2, 0) is 4.74 Å². The van der Waals surface area contributed by atoms with Crippen LogP contribution < -0.4 is 5.73 Å².